The smallest absolute Gasteiger partial charge is 0.387 e. The molecular weight excluding hydrogens is 273 g/mol. The van der Waals surface area contributed by atoms with Crippen molar-refractivity contribution in [2.45, 2.75) is 20.1 Å². The second kappa shape index (κ2) is 5.81. The van der Waals surface area contributed by atoms with Crippen LogP contribution in [0.2, 0.25) is 0 Å². The summed E-state index contributed by atoms with van der Waals surface area (Å²) >= 11 is 0. The van der Waals surface area contributed by atoms with Crippen LogP contribution in [0.25, 0.3) is 0 Å². The second-order valence-corrected chi connectivity index (χ2v) is 4.10. The SMILES string of the molecule is Cc1nc(NCc2ccc(OC(F)F)c(F)c2)n(C)n1. The van der Waals surface area contributed by atoms with E-state index in [1.807, 2.05) is 0 Å². The third-order valence-electron chi connectivity index (χ3n) is 2.53. The lowest BCUT2D eigenvalue weighted by atomic mass is 10.2. The fraction of sp³-hybridized carbons (Fsp3) is 0.333. The van der Waals surface area contributed by atoms with Gasteiger partial charge in [-0.2, -0.15) is 18.9 Å². The first kappa shape index (κ1) is 14.2. The Morgan fingerprint density at radius 2 is 2.15 bits per heavy atom. The number of aromatic nitrogens is 3. The lowest BCUT2D eigenvalue weighted by Crippen LogP contribution is -2.07. The molecule has 108 valence electrons. The molecule has 0 aliphatic heterocycles. The summed E-state index contributed by atoms with van der Waals surface area (Å²) in [5.41, 5.74) is 0.574. The summed E-state index contributed by atoms with van der Waals surface area (Å²) in [7, 11) is 1.72. The zero-order valence-electron chi connectivity index (χ0n) is 10.9. The van der Waals surface area contributed by atoms with Crippen molar-refractivity contribution in [1.82, 2.24) is 14.8 Å². The molecule has 1 N–H and O–H groups in total. The van der Waals surface area contributed by atoms with Gasteiger partial charge in [-0.25, -0.2) is 9.07 Å². The summed E-state index contributed by atoms with van der Waals surface area (Å²) in [6.45, 7) is -1.01. The van der Waals surface area contributed by atoms with E-state index in [-0.39, 0.29) is 6.54 Å². The van der Waals surface area contributed by atoms with Crippen molar-refractivity contribution in [3.8, 4) is 5.75 Å². The highest BCUT2D eigenvalue weighted by Gasteiger charge is 2.10. The molecule has 0 fully saturated rings. The summed E-state index contributed by atoms with van der Waals surface area (Å²) in [6.07, 6.45) is 0. The van der Waals surface area contributed by atoms with Gasteiger partial charge in [0, 0.05) is 13.6 Å². The topological polar surface area (TPSA) is 52.0 Å². The zero-order valence-corrected chi connectivity index (χ0v) is 10.9. The Labute approximate surface area is 113 Å². The number of rotatable bonds is 5. The lowest BCUT2D eigenvalue weighted by Gasteiger charge is -2.08. The van der Waals surface area contributed by atoms with E-state index in [0.29, 0.717) is 17.3 Å². The minimum Gasteiger partial charge on any atom is -0.432 e. The predicted molar refractivity (Wildman–Crippen MR) is 66.1 cm³/mol. The van der Waals surface area contributed by atoms with Crippen LogP contribution in [0.5, 0.6) is 5.75 Å². The molecule has 1 aromatic carbocycles. The standard InChI is InChI=1S/C12H13F3N4O/c1-7-17-12(19(2)18-7)16-6-8-3-4-10(9(13)5-8)20-11(14)15/h3-5,11H,6H2,1-2H3,(H,16,17,18). The number of anilines is 1. The third-order valence-corrected chi connectivity index (χ3v) is 2.53. The highest BCUT2D eigenvalue weighted by atomic mass is 19.3. The minimum absolute atomic E-state index is 0.290. The Kier molecular flexibility index (Phi) is 4.11. The van der Waals surface area contributed by atoms with E-state index in [4.69, 9.17) is 0 Å². The van der Waals surface area contributed by atoms with E-state index in [1.54, 1.807) is 18.7 Å². The fourth-order valence-corrected chi connectivity index (χ4v) is 1.69. The molecule has 8 heteroatoms. The molecule has 2 rings (SSSR count). The van der Waals surface area contributed by atoms with Crippen LogP contribution in [-0.4, -0.2) is 21.4 Å². The number of hydrogen-bond donors (Lipinski definition) is 1. The van der Waals surface area contributed by atoms with Gasteiger partial charge in [0.15, 0.2) is 11.6 Å². The third kappa shape index (κ3) is 3.40. The van der Waals surface area contributed by atoms with Crippen molar-refractivity contribution in [2.75, 3.05) is 5.32 Å². The molecule has 0 atom stereocenters. The summed E-state index contributed by atoms with van der Waals surface area (Å²) in [5.74, 6) is -0.158. The second-order valence-electron chi connectivity index (χ2n) is 4.10. The van der Waals surface area contributed by atoms with E-state index in [0.717, 1.165) is 6.07 Å². The molecule has 1 aromatic heterocycles. The summed E-state index contributed by atoms with van der Waals surface area (Å²) in [4.78, 5) is 4.13. The molecule has 0 bridgehead atoms. The number of aryl methyl sites for hydroxylation is 2. The highest BCUT2D eigenvalue weighted by molar-refractivity contribution is 5.33. The summed E-state index contributed by atoms with van der Waals surface area (Å²) < 4.78 is 43.1. The first-order valence-electron chi connectivity index (χ1n) is 5.80. The Hall–Kier alpha value is -2.25. The van der Waals surface area contributed by atoms with E-state index in [2.05, 4.69) is 20.1 Å². The molecule has 0 radical (unpaired) electrons. The van der Waals surface area contributed by atoms with Crippen molar-refractivity contribution in [3.05, 3.63) is 35.4 Å². The number of hydrogen-bond acceptors (Lipinski definition) is 4. The average molecular weight is 286 g/mol. The molecule has 2 aromatic rings. The first-order valence-corrected chi connectivity index (χ1v) is 5.80. The minimum atomic E-state index is -3.05. The molecule has 0 aliphatic rings. The lowest BCUT2D eigenvalue weighted by molar-refractivity contribution is -0.0522. The van der Waals surface area contributed by atoms with Gasteiger partial charge in [-0.15, -0.1) is 0 Å². The molecule has 0 spiro atoms. The molecule has 0 amide bonds. The Morgan fingerprint density at radius 1 is 1.40 bits per heavy atom. The molecule has 0 aliphatic carbocycles. The number of alkyl halides is 2. The number of halogens is 3. The van der Waals surface area contributed by atoms with Crippen molar-refractivity contribution < 1.29 is 17.9 Å². The fourth-order valence-electron chi connectivity index (χ4n) is 1.69. The maximum atomic E-state index is 13.5. The monoisotopic (exact) mass is 286 g/mol. The van der Waals surface area contributed by atoms with Crippen molar-refractivity contribution in [1.29, 1.82) is 0 Å². The van der Waals surface area contributed by atoms with Crippen LogP contribution in [0.1, 0.15) is 11.4 Å². The Morgan fingerprint density at radius 3 is 2.70 bits per heavy atom. The molecule has 20 heavy (non-hydrogen) atoms. The van der Waals surface area contributed by atoms with Crippen molar-refractivity contribution in [2.24, 2.45) is 7.05 Å². The number of nitrogens with zero attached hydrogens (tertiary/aromatic N) is 3. The maximum Gasteiger partial charge on any atom is 0.387 e. The maximum absolute atomic E-state index is 13.5. The number of nitrogens with one attached hydrogen (secondary N) is 1. The summed E-state index contributed by atoms with van der Waals surface area (Å²) in [5, 5.41) is 7.02. The average Bonchev–Trinajstić information content (AvgIpc) is 2.68. The van der Waals surface area contributed by atoms with Gasteiger partial charge in [0.1, 0.15) is 5.82 Å². The number of benzene rings is 1. The van der Waals surface area contributed by atoms with Crippen LogP contribution in [0.3, 0.4) is 0 Å². The normalized spacial score (nSPS) is 10.9. The number of ether oxygens (including phenoxy) is 1. The van der Waals surface area contributed by atoms with Gasteiger partial charge >= 0.3 is 6.61 Å². The van der Waals surface area contributed by atoms with Crippen molar-refractivity contribution >= 4 is 5.95 Å². The van der Waals surface area contributed by atoms with E-state index < -0.39 is 18.2 Å². The Bertz CT molecular complexity index is 600. The van der Waals surface area contributed by atoms with E-state index in [1.165, 1.54) is 12.1 Å². The van der Waals surface area contributed by atoms with Gasteiger partial charge in [-0.1, -0.05) is 6.07 Å². The highest BCUT2D eigenvalue weighted by Crippen LogP contribution is 2.20. The first-order chi connectivity index (χ1) is 9.45. The van der Waals surface area contributed by atoms with Crippen molar-refractivity contribution in [3.63, 3.8) is 0 Å². The van der Waals surface area contributed by atoms with Gasteiger partial charge < -0.3 is 10.1 Å². The molecule has 0 saturated heterocycles. The predicted octanol–water partition coefficient (Wildman–Crippen LogP) is 2.48. The molecule has 5 nitrogen and oxygen atoms in total. The molecular formula is C12H13F3N4O. The quantitative estimate of drug-likeness (QED) is 0.917. The van der Waals surface area contributed by atoms with Gasteiger partial charge in [0.2, 0.25) is 5.95 Å². The molecule has 1 heterocycles. The Balaban J connectivity index is 2.03. The van der Waals surface area contributed by atoms with Gasteiger partial charge in [-0.3, -0.25) is 0 Å². The van der Waals surface area contributed by atoms with Crippen LogP contribution in [0.4, 0.5) is 19.1 Å². The van der Waals surface area contributed by atoms with Crippen LogP contribution in [0, 0.1) is 12.7 Å². The van der Waals surface area contributed by atoms with Gasteiger partial charge in [-0.05, 0) is 24.6 Å². The van der Waals surface area contributed by atoms with Gasteiger partial charge in [0.05, 0.1) is 0 Å². The summed E-state index contributed by atoms with van der Waals surface area (Å²) in [6, 6.07) is 3.80. The largest absolute Gasteiger partial charge is 0.432 e. The van der Waals surface area contributed by atoms with Crippen LogP contribution < -0.4 is 10.1 Å². The van der Waals surface area contributed by atoms with E-state index >= 15 is 0 Å². The molecule has 0 saturated carbocycles. The zero-order chi connectivity index (χ0) is 14.7. The van der Waals surface area contributed by atoms with Crippen LogP contribution >= 0.6 is 0 Å². The van der Waals surface area contributed by atoms with Crippen LogP contribution in [0.15, 0.2) is 18.2 Å². The van der Waals surface area contributed by atoms with Crippen LogP contribution in [-0.2, 0) is 13.6 Å². The van der Waals surface area contributed by atoms with E-state index in [9.17, 15) is 13.2 Å². The van der Waals surface area contributed by atoms with Gasteiger partial charge in [0.25, 0.3) is 0 Å². The molecule has 0 unspecified atom stereocenters.